The van der Waals surface area contributed by atoms with Crippen LogP contribution in [0.5, 0.6) is 11.5 Å². The molecular formula is C18H20O2. The highest BCUT2D eigenvalue weighted by molar-refractivity contribution is 5.55. The Labute approximate surface area is 120 Å². The number of aliphatic hydroxyl groups is 1. The number of benzene rings is 2. The van der Waals surface area contributed by atoms with Crippen LogP contribution in [-0.4, -0.2) is 11.2 Å². The molecule has 20 heavy (non-hydrogen) atoms. The average molecular weight is 268 g/mol. The SMILES string of the molecule is CC[C@@H](O)/C(C)=C/c1cccc(Oc2ccccc2)c1. The molecule has 0 spiro atoms. The van der Waals surface area contributed by atoms with Crippen LogP contribution in [0.3, 0.4) is 0 Å². The van der Waals surface area contributed by atoms with Gasteiger partial charge in [-0.15, -0.1) is 0 Å². The van der Waals surface area contributed by atoms with Gasteiger partial charge in [0.1, 0.15) is 11.5 Å². The van der Waals surface area contributed by atoms with Crippen molar-refractivity contribution in [3.63, 3.8) is 0 Å². The zero-order chi connectivity index (χ0) is 14.4. The summed E-state index contributed by atoms with van der Waals surface area (Å²) in [5, 5.41) is 9.79. The van der Waals surface area contributed by atoms with Gasteiger partial charge >= 0.3 is 0 Å². The molecule has 1 N–H and O–H groups in total. The molecule has 2 nitrogen and oxygen atoms in total. The van der Waals surface area contributed by atoms with Gasteiger partial charge in [0.15, 0.2) is 0 Å². The molecular weight excluding hydrogens is 248 g/mol. The van der Waals surface area contributed by atoms with Crippen molar-refractivity contribution >= 4 is 6.08 Å². The number of aliphatic hydroxyl groups excluding tert-OH is 1. The number of para-hydroxylation sites is 1. The summed E-state index contributed by atoms with van der Waals surface area (Å²) in [5.74, 6) is 1.61. The quantitative estimate of drug-likeness (QED) is 0.855. The normalized spacial score (nSPS) is 13.1. The summed E-state index contributed by atoms with van der Waals surface area (Å²) in [4.78, 5) is 0. The van der Waals surface area contributed by atoms with E-state index in [-0.39, 0.29) is 6.10 Å². The maximum Gasteiger partial charge on any atom is 0.128 e. The van der Waals surface area contributed by atoms with Crippen LogP contribution in [0, 0.1) is 0 Å². The van der Waals surface area contributed by atoms with Gasteiger partial charge in [0.05, 0.1) is 6.10 Å². The Morgan fingerprint density at radius 2 is 1.80 bits per heavy atom. The van der Waals surface area contributed by atoms with Gasteiger partial charge in [0, 0.05) is 0 Å². The summed E-state index contributed by atoms with van der Waals surface area (Å²) in [6.07, 6.45) is 2.34. The summed E-state index contributed by atoms with van der Waals surface area (Å²) >= 11 is 0. The molecule has 0 saturated carbocycles. The van der Waals surface area contributed by atoms with Crippen molar-refractivity contribution in [3.8, 4) is 11.5 Å². The van der Waals surface area contributed by atoms with Gasteiger partial charge in [-0.1, -0.05) is 43.3 Å². The molecule has 1 atom stereocenters. The third kappa shape index (κ3) is 3.97. The second-order valence-corrected chi connectivity index (χ2v) is 4.80. The third-order valence-electron chi connectivity index (χ3n) is 3.14. The number of rotatable bonds is 5. The molecule has 0 heterocycles. The van der Waals surface area contributed by atoms with Crippen molar-refractivity contribution in [1.82, 2.24) is 0 Å². The van der Waals surface area contributed by atoms with E-state index in [1.165, 1.54) is 0 Å². The van der Waals surface area contributed by atoms with Gasteiger partial charge in [-0.25, -0.2) is 0 Å². The molecule has 2 heteroatoms. The van der Waals surface area contributed by atoms with E-state index in [0.29, 0.717) is 0 Å². The molecule has 0 aliphatic rings. The fourth-order valence-electron chi connectivity index (χ4n) is 1.97. The standard InChI is InChI=1S/C18H20O2/c1-3-18(19)14(2)12-15-8-7-11-17(13-15)20-16-9-5-4-6-10-16/h4-13,18-19H,3H2,1-2H3/b14-12+/t18-/m1/s1. The van der Waals surface area contributed by atoms with E-state index < -0.39 is 0 Å². The maximum absolute atomic E-state index is 9.79. The monoisotopic (exact) mass is 268 g/mol. The minimum Gasteiger partial charge on any atom is -0.457 e. The van der Waals surface area contributed by atoms with Crippen LogP contribution < -0.4 is 4.74 Å². The number of hydrogen-bond donors (Lipinski definition) is 1. The minimum atomic E-state index is -0.381. The van der Waals surface area contributed by atoms with Crippen LogP contribution in [0.25, 0.3) is 6.08 Å². The van der Waals surface area contributed by atoms with Crippen molar-refractivity contribution in [3.05, 3.63) is 65.7 Å². The van der Waals surface area contributed by atoms with Gasteiger partial charge in [-0.3, -0.25) is 0 Å². The molecule has 0 amide bonds. The molecule has 0 fully saturated rings. The fraction of sp³-hybridized carbons (Fsp3) is 0.222. The lowest BCUT2D eigenvalue weighted by molar-refractivity contribution is 0.208. The topological polar surface area (TPSA) is 29.5 Å². The molecule has 0 aromatic heterocycles. The van der Waals surface area contributed by atoms with E-state index in [9.17, 15) is 5.11 Å². The van der Waals surface area contributed by atoms with Crippen LogP contribution in [0.15, 0.2) is 60.2 Å². The van der Waals surface area contributed by atoms with E-state index in [1.807, 2.05) is 74.5 Å². The first kappa shape index (κ1) is 14.4. The second kappa shape index (κ2) is 6.92. The zero-order valence-corrected chi connectivity index (χ0v) is 11.9. The summed E-state index contributed by atoms with van der Waals surface area (Å²) in [6, 6.07) is 17.6. The summed E-state index contributed by atoms with van der Waals surface area (Å²) in [6.45, 7) is 3.91. The van der Waals surface area contributed by atoms with Gasteiger partial charge in [0.2, 0.25) is 0 Å². The third-order valence-corrected chi connectivity index (χ3v) is 3.14. The van der Waals surface area contributed by atoms with E-state index in [4.69, 9.17) is 4.74 Å². The number of ether oxygens (including phenoxy) is 1. The molecule has 0 radical (unpaired) electrons. The van der Waals surface area contributed by atoms with Crippen molar-refractivity contribution < 1.29 is 9.84 Å². The summed E-state index contributed by atoms with van der Waals surface area (Å²) in [5.41, 5.74) is 1.99. The van der Waals surface area contributed by atoms with Crippen molar-refractivity contribution in [2.24, 2.45) is 0 Å². The Morgan fingerprint density at radius 1 is 1.10 bits per heavy atom. The smallest absolute Gasteiger partial charge is 0.128 e. The van der Waals surface area contributed by atoms with Crippen LogP contribution in [-0.2, 0) is 0 Å². The van der Waals surface area contributed by atoms with Gasteiger partial charge < -0.3 is 9.84 Å². The van der Waals surface area contributed by atoms with Gasteiger partial charge in [-0.05, 0) is 48.7 Å². The highest BCUT2D eigenvalue weighted by Gasteiger charge is 2.03. The summed E-state index contributed by atoms with van der Waals surface area (Å²) < 4.78 is 5.80. The lowest BCUT2D eigenvalue weighted by atomic mass is 10.1. The van der Waals surface area contributed by atoms with Crippen molar-refractivity contribution in [2.75, 3.05) is 0 Å². The van der Waals surface area contributed by atoms with E-state index in [2.05, 4.69) is 0 Å². The first-order valence-electron chi connectivity index (χ1n) is 6.88. The van der Waals surface area contributed by atoms with Crippen molar-refractivity contribution in [2.45, 2.75) is 26.4 Å². The van der Waals surface area contributed by atoms with E-state index in [0.717, 1.165) is 29.1 Å². The molecule has 104 valence electrons. The largest absolute Gasteiger partial charge is 0.457 e. The van der Waals surface area contributed by atoms with E-state index in [1.54, 1.807) is 0 Å². The lowest BCUT2D eigenvalue weighted by Gasteiger charge is -2.09. The zero-order valence-electron chi connectivity index (χ0n) is 11.9. The minimum absolute atomic E-state index is 0.381. The Balaban J connectivity index is 2.16. The second-order valence-electron chi connectivity index (χ2n) is 4.80. The lowest BCUT2D eigenvalue weighted by Crippen LogP contribution is -2.05. The predicted octanol–water partition coefficient (Wildman–Crippen LogP) is 4.65. The molecule has 2 aromatic rings. The number of hydrogen-bond acceptors (Lipinski definition) is 2. The van der Waals surface area contributed by atoms with Crippen LogP contribution >= 0.6 is 0 Å². The average Bonchev–Trinajstić information content (AvgIpc) is 2.47. The summed E-state index contributed by atoms with van der Waals surface area (Å²) in [7, 11) is 0. The molecule has 0 bridgehead atoms. The molecule has 2 aromatic carbocycles. The fourth-order valence-corrected chi connectivity index (χ4v) is 1.97. The first-order chi connectivity index (χ1) is 9.69. The predicted molar refractivity (Wildman–Crippen MR) is 82.9 cm³/mol. The van der Waals surface area contributed by atoms with Gasteiger partial charge in [0.25, 0.3) is 0 Å². The molecule has 0 saturated heterocycles. The van der Waals surface area contributed by atoms with Gasteiger partial charge in [-0.2, -0.15) is 0 Å². The molecule has 2 rings (SSSR count). The van der Waals surface area contributed by atoms with Crippen LogP contribution in [0.2, 0.25) is 0 Å². The van der Waals surface area contributed by atoms with Crippen LogP contribution in [0.4, 0.5) is 0 Å². The highest BCUT2D eigenvalue weighted by Crippen LogP contribution is 2.23. The Morgan fingerprint density at radius 3 is 2.50 bits per heavy atom. The molecule has 0 aliphatic heterocycles. The highest BCUT2D eigenvalue weighted by atomic mass is 16.5. The van der Waals surface area contributed by atoms with E-state index >= 15 is 0 Å². The Kier molecular flexibility index (Phi) is 4.97. The first-order valence-corrected chi connectivity index (χ1v) is 6.88. The maximum atomic E-state index is 9.79. The Bertz CT molecular complexity index is 573. The Hall–Kier alpha value is -2.06. The molecule has 0 aliphatic carbocycles. The van der Waals surface area contributed by atoms with Crippen molar-refractivity contribution in [1.29, 1.82) is 0 Å². The molecule has 0 unspecified atom stereocenters. The van der Waals surface area contributed by atoms with Crippen LogP contribution in [0.1, 0.15) is 25.8 Å².